The SMILES string of the molecule is COc1cc(C)cc(S(=O)O)c1. The average Bonchev–Trinajstić information content (AvgIpc) is 2.03. The third-order valence-electron chi connectivity index (χ3n) is 1.46. The predicted molar refractivity (Wildman–Crippen MR) is 46.8 cm³/mol. The molecule has 1 atom stereocenters. The van der Waals surface area contributed by atoms with Crippen LogP contribution in [-0.4, -0.2) is 15.9 Å². The molecule has 0 saturated carbocycles. The second-order valence-corrected chi connectivity index (χ2v) is 3.40. The second-order valence-electron chi connectivity index (χ2n) is 2.44. The van der Waals surface area contributed by atoms with E-state index < -0.39 is 11.1 Å². The Hall–Kier alpha value is -0.870. The number of aryl methyl sites for hydroxylation is 1. The summed E-state index contributed by atoms with van der Waals surface area (Å²) in [5.41, 5.74) is 0.909. The van der Waals surface area contributed by atoms with Gasteiger partial charge >= 0.3 is 0 Å². The molecular formula is C8H10O3S. The van der Waals surface area contributed by atoms with E-state index in [9.17, 15) is 4.21 Å². The molecule has 1 aromatic rings. The standard InChI is InChI=1S/C8H10O3S/c1-6-3-7(11-2)5-8(4-6)12(9)10/h3-5H,1-2H3,(H,9,10). The molecule has 12 heavy (non-hydrogen) atoms. The molecule has 1 aromatic carbocycles. The van der Waals surface area contributed by atoms with Crippen molar-refractivity contribution in [1.82, 2.24) is 0 Å². The van der Waals surface area contributed by atoms with Crippen LogP contribution in [0.15, 0.2) is 23.1 Å². The molecule has 0 saturated heterocycles. The molecule has 0 amide bonds. The lowest BCUT2D eigenvalue weighted by Gasteiger charge is -2.02. The zero-order valence-corrected chi connectivity index (χ0v) is 7.72. The number of ether oxygens (including phenoxy) is 1. The van der Waals surface area contributed by atoms with E-state index in [1.54, 1.807) is 18.2 Å². The molecule has 0 radical (unpaired) electrons. The van der Waals surface area contributed by atoms with Crippen molar-refractivity contribution >= 4 is 11.1 Å². The molecule has 1 unspecified atom stereocenters. The van der Waals surface area contributed by atoms with Crippen LogP contribution in [0.1, 0.15) is 5.56 Å². The summed E-state index contributed by atoms with van der Waals surface area (Å²) < 4.78 is 24.4. The van der Waals surface area contributed by atoms with Crippen LogP contribution >= 0.6 is 0 Å². The smallest absolute Gasteiger partial charge is 0.186 e. The monoisotopic (exact) mass is 186 g/mol. The fourth-order valence-corrected chi connectivity index (χ4v) is 1.44. The van der Waals surface area contributed by atoms with Crippen molar-refractivity contribution in [2.75, 3.05) is 7.11 Å². The van der Waals surface area contributed by atoms with E-state index in [-0.39, 0.29) is 0 Å². The molecule has 4 heteroatoms. The summed E-state index contributed by atoms with van der Waals surface area (Å²) in [5, 5.41) is 0. The van der Waals surface area contributed by atoms with Crippen LogP contribution in [0.5, 0.6) is 5.75 Å². The van der Waals surface area contributed by atoms with Crippen molar-refractivity contribution in [2.45, 2.75) is 11.8 Å². The number of hydrogen-bond donors (Lipinski definition) is 1. The lowest BCUT2D eigenvalue weighted by Crippen LogP contribution is -1.91. The van der Waals surface area contributed by atoms with Gasteiger partial charge in [0.2, 0.25) is 0 Å². The summed E-state index contributed by atoms with van der Waals surface area (Å²) in [6.45, 7) is 1.85. The molecule has 1 N–H and O–H groups in total. The van der Waals surface area contributed by atoms with Crippen molar-refractivity contribution in [3.05, 3.63) is 23.8 Å². The predicted octanol–water partition coefficient (Wildman–Crippen LogP) is 1.58. The topological polar surface area (TPSA) is 46.5 Å². The first-order valence-corrected chi connectivity index (χ1v) is 4.50. The Bertz CT molecular complexity index is 309. The van der Waals surface area contributed by atoms with Crippen LogP contribution in [0.4, 0.5) is 0 Å². The Morgan fingerprint density at radius 2 is 2.08 bits per heavy atom. The van der Waals surface area contributed by atoms with E-state index in [0.717, 1.165) is 5.56 Å². The molecule has 0 fully saturated rings. The van der Waals surface area contributed by atoms with Gasteiger partial charge in [-0.3, -0.25) is 0 Å². The maximum absolute atomic E-state index is 10.7. The molecule has 0 spiro atoms. The van der Waals surface area contributed by atoms with Crippen LogP contribution in [0.25, 0.3) is 0 Å². The summed E-state index contributed by atoms with van der Waals surface area (Å²) in [5.74, 6) is 0.604. The normalized spacial score (nSPS) is 12.6. The highest BCUT2D eigenvalue weighted by atomic mass is 32.2. The lowest BCUT2D eigenvalue weighted by molar-refractivity contribution is 0.413. The molecule has 1 rings (SSSR count). The van der Waals surface area contributed by atoms with Crippen molar-refractivity contribution in [2.24, 2.45) is 0 Å². The maximum atomic E-state index is 10.7. The summed E-state index contributed by atoms with van der Waals surface area (Å²) in [4.78, 5) is 0.367. The summed E-state index contributed by atoms with van der Waals surface area (Å²) in [7, 11) is 1.53. The van der Waals surface area contributed by atoms with E-state index in [1.165, 1.54) is 7.11 Å². The third kappa shape index (κ3) is 2.06. The first kappa shape index (κ1) is 9.22. The van der Waals surface area contributed by atoms with E-state index in [0.29, 0.717) is 10.6 Å². The quantitative estimate of drug-likeness (QED) is 0.713. The highest BCUT2D eigenvalue weighted by molar-refractivity contribution is 7.79. The zero-order chi connectivity index (χ0) is 9.14. The van der Waals surface area contributed by atoms with Crippen molar-refractivity contribution in [3.8, 4) is 5.75 Å². The van der Waals surface area contributed by atoms with E-state index in [1.807, 2.05) is 6.92 Å². The minimum Gasteiger partial charge on any atom is -0.497 e. The molecule has 0 heterocycles. The highest BCUT2D eigenvalue weighted by Gasteiger charge is 2.02. The van der Waals surface area contributed by atoms with Crippen LogP contribution in [0.2, 0.25) is 0 Å². The Balaban J connectivity index is 3.15. The fraction of sp³-hybridized carbons (Fsp3) is 0.250. The molecule has 0 aliphatic rings. The van der Waals surface area contributed by atoms with Crippen LogP contribution in [0.3, 0.4) is 0 Å². The Labute approximate surface area is 73.7 Å². The van der Waals surface area contributed by atoms with Gasteiger partial charge in [-0.25, -0.2) is 4.21 Å². The molecule has 3 nitrogen and oxygen atoms in total. The summed E-state index contributed by atoms with van der Waals surface area (Å²) in [6.07, 6.45) is 0. The van der Waals surface area contributed by atoms with Crippen molar-refractivity contribution in [1.29, 1.82) is 0 Å². The van der Waals surface area contributed by atoms with Gasteiger partial charge in [0, 0.05) is 0 Å². The Morgan fingerprint density at radius 1 is 1.42 bits per heavy atom. The van der Waals surface area contributed by atoms with Gasteiger partial charge in [0.15, 0.2) is 11.1 Å². The van der Waals surface area contributed by atoms with Gasteiger partial charge in [-0.15, -0.1) is 0 Å². The molecule has 0 aromatic heterocycles. The lowest BCUT2D eigenvalue weighted by atomic mass is 10.2. The van der Waals surface area contributed by atoms with E-state index in [4.69, 9.17) is 9.29 Å². The summed E-state index contributed by atoms with van der Waals surface area (Å²) in [6, 6.07) is 5.00. The van der Waals surface area contributed by atoms with E-state index in [2.05, 4.69) is 0 Å². The van der Waals surface area contributed by atoms with Crippen LogP contribution in [-0.2, 0) is 11.1 Å². The van der Waals surface area contributed by atoms with Crippen molar-refractivity contribution in [3.63, 3.8) is 0 Å². The second kappa shape index (κ2) is 3.69. The third-order valence-corrected chi connectivity index (χ3v) is 2.10. The highest BCUT2D eigenvalue weighted by Crippen LogP contribution is 2.17. The Morgan fingerprint density at radius 3 is 2.58 bits per heavy atom. The average molecular weight is 186 g/mol. The summed E-state index contributed by atoms with van der Waals surface area (Å²) >= 11 is -1.93. The van der Waals surface area contributed by atoms with Gasteiger partial charge in [-0.1, -0.05) is 0 Å². The molecule has 0 bridgehead atoms. The minimum atomic E-state index is -1.93. The number of hydrogen-bond acceptors (Lipinski definition) is 2. The first-order valence-electron chi connectivity index (χ1n) is 3.40. The number of benzene rings is 1. The molecule has 0 aliphatic carbocycles. The van der Waals surface area contributed by atoms with Gasteiger partial charge < -0.3 is 9.29 Å². The maximum Gasteiger partial charge on any atom is 0.186 e. The fourth-order valence-electron chi connectivity index (χ4n) is 0.933. The Kier molecular flexibility index (Phi) is 2.83. The first-order chi connectivity index (χ1) is 5.63. The minimum absolute atomic E-state index is 0.367. The largest absolute Gasteiger partial charge is 0.497 e. The zero-order valence-electron chi connectivity index (χ0n) is 6.90. The van der Waals surface area contributed by atoms with Gasteiger partial charge in [0.05, 0.1) is 12.0 Å². The van der Waals surface area contributed by atoms with Crippen molar-refractivity contribution < 1.29 is 13.5 Å². The van der Waals surface area contributed by atoms with Gasteiger partial charge in [-0.2, -0.15) is 0 Å². The van der Waals surface area contributed by atoms with Crippen LogP contribution < -0.4 is 4.74 Å². The van der Waals surface area contributed by atoms with E-state index >= 15 is 0 Å². The molecule has 0 aliphatic heterocycles. The molecule has 66 valence electrons. The van der Waals surface area contributed by atoms with Gasteiger partial charge in [-0.05, 0) is 30.7 Å². The number of rotatable bonds is 2. The van der Waals surface area contributed by atoms with Gasteiger partial charge in [0.25, 0.3) is 0 Å². The van der Waals surface area contributed by atoms with Gasteiger partial charge in [0.1, 0.15) is 5.75 Å². The number of methoxy groups -OCH3 is 1. The van der Waals surface area contributed by atoms with Crippen LogP contribution in [0, 0.1) is 6.92 Å². The molecular weight excluding hydrogens is 176 g/mol.